The second-order valence-corrected chi connectivity index (χ2v) is 13.7. The molecule has 0 N–H and O–H groups in total. The lowest BCUT2D eigenvalue weighted by molar-refractivity contribution is 0.660. The Hall–Kier alpha value is -6.39. The Balaban J connectivity index is 1.04. The minimum Gasteiger partial charge on any atom is -0.292 e. The van der Waals surface area contributed by atoms with Gasteiger partial charge in [-0.1, -0.05) is 129 Å². The van der Waals surface area contributed by atoms with Crippen LogP contribution in [-0.4, -0.2) is 19.5 Å². The number of imidazole rings is 1. The molecule has 1 aliphatic carbocycles. The molecule has 9 aromatic rings. The molecule has 236 valence electrons. The van der Waals surface area contributed by atoms with Gasteiger partial charge in [-0.25, -0.2) is 15.0 Å². The van der Waals surface area contributed by atoms with Crippen molar-refractivity contribution in [1.82, 2.24) is 19.5 Å². The molecule has 3 heterocycles. The van der Waals surface area contributed by atoms with E-state index in [1.807, 2.05) is 12.1 Å². The maximum atomic E-state index is 5.27. The first-order valence-corrected chi connectivity index (χ1v) is 17.1. The fourth-order valence-electron chi connectivity index (χ4n) is 7.80. The quantitative estimate of drug-likeness (QED) is 0.180. The van der Waals surface area contributed by atoms with E-state index in [1.54, 1.807) is 0 Å². The molecular weight excluding hydrogens is 609 g/mol. The number of pyridine rings is 2. The Labute approximate surface area is 290 Å². The van der Waals surface area contributed by atoms with Crippen molar-refractivity contribution in [2.45, 2.75) is 19.3 Å². The summed E-state index contributed by atoms with van der Waals surface area (Å²) in [6.07, 6.45) is 0. The Morgan fingerprint density at radius 1 is 0.460 bits per heavy atom. The SMILES string of the molecule is CC1(C)c2ccccc2-c2ccc(-c3ccc4ccc5ccc(-c6ccc(-c7nc8ccccc8n7-c7ccccc7)cc6)nc5c4n3)cc21. The number of nitrogens with zero attached hydrogens (tertiary/aromatic N) is 4. The van der Waals surface area contributed by atoms with Gasteiger partial charge in [0.05, 0.1) is 33.5 Å². The van der Waals surface area contributed by atoms with Gasteiger partial charge in [0.25, 0.3) is 0 Å². The average Bonchev–Trinajstić information content (AvgIpc) is 3.67. The monoisotopic (exact) mass is 640 g/mol. The molecule has 0 amide bonds. The van der Waals surface area contributed by atoms with Crippen molar-refractivity contribution in [1.29, 1.82) is 0 Å². The highest BCUT2D eigenvalue weighted by molar-refractivity contribution is 6.04. The Bertz CT molecular complexity index is 2770. The first-order valence-electron chi connectivity index (χ1n) is 17.1. The van der Waals surface area contributed by atoms with E-state index >= 15 is 0 Å². The van der Waals surface area contributed by atoms with Crippen LogP contribution in [0.5, 0.6) is 0 Å². The van der Waals surface area contributed by atoms with Crippen LogP contribution >= 0.6 is 0 Å². The molecule has 4 heteroatoms. The predicted molar refractivity (Wildman–Crippen MR) is 206 cm³/mol. The van der Waals surface area contributed by atoms with E-state index in [0.29, 0.717) is 0 Å². The van der Waals surface area contributed by atoms with Crippen LogP contribution in [0.1, 0.15) is 25.0 Å². The third-order valence-corrected chi connectivity index (χ3v) is 10.4. The summed E-state index contributed by atoms with van der Waals surface area (Å²) in [5.41, 5.74) is 15.4. The molecule has 0 fully saturated rings. The minimum absolute atomic E-state index is 0.0638. The van der Waals surface area contributed by atoms with E-state index in [0.717, 1.165) is 72.4 Å². The van der Waals surface area contributed by atoms with Crippen LogP contribution in [0.3, 0.4) is 0 Å². The number of hydrogen-bond acceptors (Lipinski definition) is 3. The second kappa shape index (κ2) is 10.8. The summed E-state index contributed by atoms with van der Waals surface area (Å²) in [5, 5.41) is 2.15. The van der Waals surface area contributed by atoms with Gasteiger partial charge in [0.15, 0.2) is 0 Å². The highest BCUT2D eigenvalue weighted by Crippen LogP contribution is 2.49. The fraction of sp³-hybridized carbons (Fsp3) is 0.0652. The van der Waals surface area contributed by atoms with E-state index in [-0.39, 0.29) is 5.41 Å². The van der Waals surface area contributed by atoms with Crippen molar-refractivity contribution in [2.75, 3.05) is 0 Å². The number of para-hydroxylation sites is 3. The van der Waals surface area contributed by atoms with E-state index in [4.69, 9.17) is 15.0 Å². The van der Waals surface area contributed by atoms with Crippen molar-refractivity contribution in [3.8, 4) is 50.7 Å². The highest BCUT2D eigenvalue weighted by Gasteiger charge is 2.35. The van der Waals surface area contributed by atoms with Gasteiger partial charge in [0.2, 0.25) is 0 Å². The lowest BCUT2D eigenvalue weighted by Gasteiger charge is -2.21. The number of hydrogen-bond donors (Lipinski definition) is 0. The van der Waals surface area contributed by atoms with Gasteiger partial charge in [-0.15, -0.1) is 0 Å². The van der Waals surface area contributed by atoms with E-state index in [9.17, 15) is 0 Å². The van der Waals surface area contributed by atoms with E-state index in [1.165, 1.54) is 22.3 Å². The average molecular weight is 641 g/mol. The Morgan fingerprint density at radius 3 is 1.80 bits per heavy atom. The van der Waals surface area contributed by atoms with Gasteiger partial charge in [0.1, 0.15) is 5.82 Å². The largest absolute Gasteiger partial charge is 0.292 e. The molecule has 4 nitrogen and oxygen atoms in total. The molecular formula is C46H32N4. The maximum absolute atomic E-state index is 5.27. The van der Waals surface area contributed by atoms with Crippen LogP contribution in [0, 0.1) is 0 Å². The second-order valence-electron chi connectivity index (χ2n) is 13.7. The van der Waals surface area contributed by atoms with Gasteiger partial charge in [0, 0.05) is 38.6 Å². The minimum atomic E-state index is -0.0638. The van der Waals surface area contributed by atoms with Crippen LogP contribution in [0.2, 0.25) is 0 Å². The number of rotatable bonds is 4. The molecule has 6 aromatic carbocycles. The van der Waals surface area contributed by atoms with Crippen molar-refractivity contribution >= 4 is 32.8 Å². The van der Waals surface area contributed by atoms with Crippen LogP contribution in [0.4, 0.5) is 0 Å². The standard InChI is InChI=1S/C46H32N4/c1-46(2)37-13-7-6-12-35(37)36-25-22-33(28-38(36)46)40-27-24-31-19-18-30-23-26-39(47-43(30)44(31)48-40)29-16-20-32(21-17-29)45-49-41-14-8-9-15-42(41)50(45)34-10-4-3-5-11-34/h3-28H,1-2H3. The van der Waals surface area contributed by atoms with Crippen molar-refractivity contribution in [2.24, 2.45) is 0 Å². The fourth-order valence-corrected chi connectivity index (χ4v) is 7.80. The third-order valence-electron chi connectivity index (χ3n) is 10.4. The molecule has 0 bridgehead atoms. The zero-order valence-corrected chi connectivity index (χ0v) is 27.8. The molecule has 3 aromatic heterocycles. The lowest BCUT2D eigenvalue weighted by atomic mass is 9.82. The predicted octanol–water partition coefficient (Wildman–Crippen LogP) is 11.4. The van der Waals surface area contributed by atoms with Crippen LogP contribution < -0.4 is 0 Å². The summed E-state index contributed by atoms with van der Waals surface area (Å²) >= 11 is 0. The van der Waals surface area contributed by atoms with Gasteiger partial charge < -0.3 is 0 Å². The van der Waals surface area contributed by atoms with Gasteiger partial charge in [-0.2, -0.15) is 0 Å². The molecule has 0 saturated carbocycles. The van der Waals surface area contributed by atoms with E-state index in [2.05, 4.69) is 164 Å². The zero-order valence-electron chi connectivity index (χ0n) is 27.8. The summed E-state index contributed by atoms with van der Waals surface area (Å²) in [6.45, 7) is 4.64. The van der Waals surface area contributed by atoms with Crippen LogP contribution in [-0.2, 0) is 5.41 Å². The summed E-state index contributed by atoms with van der Waals surface area (Å²) < 4.78 is 2.23. The molecule has 1 aliphatic rings. The van der Waals surface area contributed by atoms with Crippen LogP contribution in [0.25, 0.3) is 83.6 Å². The smallest absolute Gasteiger partial charge is 0.145 e. The first-order chi connectivity index (χ1) is 24.5. The van der Waals surface area contributed by atoms with Crippen molar-refractivity contribution in [3.05, 3.63) is 169 Å². The molecule has 50 heavy (non-hydrogen) atoms. The lowest BCUT2D eigenvalue weighted by Crippen LogP contribution is -2.14. The zero-order chi connectivity index (χ0) is 33.4. The molecule has 0 atom stereocenters. The Morgan fingerprint density at radius 2 is 1.04 bits per heavy atom. The Kier molecular flexibility index (Phi) is 6.19. The van der Waals surface area contributed by atoms with Crippen molar-refractivity contribution < 1.29 is 0 Å². The summed E-state index contributed by atoms with van der Waals surface area (Å²) in [7, 11) is 0. The summed E-state index contributed by atoms with van der Waals surface area (Å²) in [6, 6.07) is 55.7. The maximum Gasteiger partial charge on any atom is 0.145 e. The number of benzene rings is 6. The third kappa shape index (κ3) is 4.35. The number of aromatic nitrogens is 4. The van der Waals surface area contributed by atoms with E-state index < -0.39 is 0 Å². The molecule has 10 rings (SSSR count). The topological polar surface area (TPSA) is 43.6 Å². The molecule has 0 aliphatic heterocycles. The normalized spacial score (nSPS) is 13.2. The molecule has 0 spiro atoms. The summed E-state index contributed by atoms with van der Waals surface area (Å²) in [4.78, 5) is 15.6. The number of fused-ring (bicyclic) bond motifs is 7. The highest BCUT2D eigenvalue weighted by atomic mass is 15.1. The van der Waals surface area contributed by atoms with Gasteiger partial charge >= 0.3 is 0 Å². The van der Waals surface area contributed by atoms with Gasteiger partial charge in [-0.3, -0.25) is 4.57 Å². The summed E-state index contributed by atoms with van der Waals surface area (Å²) in [5.74, 6) is 0.914. The first kappa shape index (κ1) is 28.6. The molecule has 0 saturated heterocycles. The van der Waals surface area contributed by atoms with Crippen LogP contribution in [0.15, 0.2) is 158 Å². The molecule has 0 radical (unpaired) electrons. The van der Waals surface area contributed by atoms with Gasteiger partial charge in [-0.05, 0) is 64.7 Å². The van der Waals surface area contributed by atoms with Crippen molar-refractivity contribution in [3.63, 3.8) is 0 Å². The molecule has 0 unspecified atom stereocenters.